The molecule has 7 nitrogen and oxygen atoms in total. The zero-order valence-corrected chi connectivity index (χ0v) is 19.0. The molecular formula is C26H28N2O5. The van der Waals surface area contributed by atoms with E-state index in [0.29, 0.717) is 28.8 Å². The summed E-state index contributed by atoms with van der Waals surface area (Å²) >= 11 is 0. The molecule has 0 N–H and O–H groups in total. The molecule has 0 aliphatic carbocycles. The van der Waals surface area contributed by atoms with Crippen LogP contribution in [0.1, 0.15) is 76.2 Å². The Labute approximate surface area is 193 Å². The molecule has 2 heterocycles. The summed E-state index contributed by atoms with van der Waals surface area (Å²) in [4.78, 5) is 53.5. The molecule has 0 spiro atoms. The van der Waals surface area contributed by atoms with Crippen molar-refractivity contribution in [3.05, 3.63) is 70.8 Å². The first-order chi connectivity index (χ1) is 15.9. The lowest BCUT2D eigenvalue weighted by molar-refractivity contribution is -0.143. The van der Waals surface area contributed by atoms with E-state index >= 15 is 0 Å². The highest BCUT2D eigenvalue weighted by Crippen LogP contribution is 2.25. The van der Waals surface area contributed by atoms with Gasteiger partial charge in [0.15, 0.2) is 6.10 Å². The number of benzene rings is 2. The van der Waals surface area contributed by atoms with Crippen LogP contribution in [0.15, 0.2) is 48.5 Å². The van der Waals surface area contributed by atoms with Gasteiger partial charge in [0.25, 0.3) is 17.7 Å². The summed E-state index contributed by atoms with van der Waals surface area (Å²) < 4.78 is 5.45. The van der Waals surface area contributed by atoms with Gasteiger partial charge in [-0.3, -0.25) is 19.3 Å². The molecule has 4 rings (SSSR count). The number of carbonyl (C=O) groups excluding carboxylic acids is 4. The number of fused-ring (bicyclic) bond motifs is 1. The summed E-state index contributed by atoms with van der Waals surface area (Å²) in [5.41, 5.74) is 1.83. The number of ether oxygens (including phenoxy) is 1. The zero-order chi connectivity index (χ0) is 23.5. The zero-order valence-electron chi connectivity index (χ0n) is 19.0. The quantitative estimate of drug-likeness (QED) is 0.496. The Hall–Kier alpha value is -3.48. The summed E-state index contributed by atoms with van der Waals surface area (Å²) in [6, 6.07) is 13.5. The van der Waals surface area contributed by atoms with Crippen LogP contribution in [0.2, 0.25) is 0 Å². The van der Waals surface area contributed by atoms with Gasteiger partial charge in [0.1, 0.15) is 0 Å². The van der Waals surface area contributed by atoms with E-state index in [4.69, 9.17) is 4.74 Å². The van der Waals surface area contributed by atoms with Crippen molar-refractivity contribution in [1.82, 2.24) is 9.80 Å². The Balaban J connectivity index is 1.37. The SMILES string of the molecule is CCC1CCCCN1C(=O)C(C)OC(=O)c1ccc(CN2C(=O)c3ccccc3C2=O)cc1. The fourth-order valence-corrected chi connectivity index (χ4v) is 4.54. The number of amides is 3. The number of piperidine rings is 1. The highest BCUT2D eigenvalue weighted by molar-refractivity contribution is 6.21. The predicted molar refractivity (Wildman–Crippen MR) is 122 cm³/mol. The third-order valence-corrected chi connectivity index (χ3v) is 6.42. The Kier molecular flexibility index (Phi) is 6.58. The summed E-state index contributed by atoms with van der Waals surface area (Å²) in [6.07, 6.45) is 3.10. The van der Waals surface area contributed by atoms with Crippen LogP contribution in [0.4, 0.5) is 0 Å². The molecule has 1 fully saturated rings. The Morgan fingerprint density at radius 3 is 2.24 bits per heavy atom. The molecule has 2 aliphatic rings. The van der Waals surface area contributed by atoms with Gasteiger partial charge < -0.3 is 9.64 Å². The average Bonchev–Trinajstić information content (AvgIpc) is 3.08. The van der Waals surface area contributed by atoms with Gasteiger partial charge in [-0.25, -0.2) is 4.79 Å². The van der Waals surface area contributed by atoms with Crippen LogP contribution in [0.3, 0.4) is 0 Å². The van der Waals surface area contributed by atoms with Gasteiger partial charge in [-0.05, 0) is 62.4 Å². The third kappa shape index (κ3) is 4.53. The van der Waals surface area contributed by atoms with E-state index in [1.807, 2.05) is 4.90 Å². The molecular weight excluding hydrogens is 420 g/mol. The molecule has 3 amide bonds. The number of hydrogen-bond acceptors (Lipinski definition) is 5. The second kappa shape index (κ2) is 9.57. The summed E-state index contributed by atoms with van der Waals surface area (Å²) in [6.45, 7) is 4.49. The number of carbonyl (C=O) groups is 4. The molecule has 1 saturated heterocycles. The first-order valence-corrected chi connectivity index (χ1v) is 11.5. The maximum atomic E-state index is 12.8. The van der Waals surface area contributed by atoms with Crippen LogP contribution in [-0.4, -0.2) is 52.2 Å². The van der Waals surface area contributed by atoms with Crippen LogP contribution in [0, 0.1) is 0 Å². The lowest BCUT2D eigenvalue weighted by Crippen LogP contribution is -2.48. The average molecular weight is 449 g/mol. The number of likely N-dealkylation sites (tertiary alicyclic amines) is 1. The van der Waals surface area contributed by atoms with Crippen LogP contribution in [0.25, 0.3) is 0 Å². The summed E-state index contributed by atoms with van der Waals surface area (Å²) in [5.74, 6) is -1.38. The van der Waals surface area contributed by atoms with Gasteiger partial charge in [0, 0.05) is 12.6 Å². The lowest BCUT2D eigenvalue weighted by Gasteiger charge is -2.36. The minimum absolute atomic E-state index is 0.115. The van der Waals surface area contributed by atoms with Crippen molar-refractivity contribution in [1.29, 1.82) is 0 Å². The van der Waals surface area contributed by atoms with Crippen molar-refractivity contribution in [2.45, 2.75) is 58.2 Å². The van der Waals surface area contributed by atoms with Gasteiger partial charge in [-0.2, -0.15) is 0 Å². The topological polar surface area (TPSA) is 84.0 Å². The van der Waals surface area contributed by atoms with E-state index in [2.05, 4.69) is 6.92 Å². The van der Waals surface area contributed by atoms with E-state index in [9.17, 15) is 19.2 Å². The minimum Gasteiger partial charge on any atom is -0.449 e. The van der Waals surface area contributed by atoms with E-state index in [-0.39, 0.29) is 30.3 Å². The second-order valence-electron chi connectivity index (χ2n) is 8.58. The monoisotopic (exact) mass is 448 g/mol. The van der Waals surface area contributed by atoms with Crippen molar-refractivity contribution >= 4 is 23.7 Å². The lowest BCUT2D eigenvalue weighted by atomic mass is 9.99. The fourth-order valence-electron chi connectivity index (χ4n) is 4.54. The largest absolute Gasteiger partial charge is 0.449 e. The fraction of sp³-hybridized carbons (Fsp3) is 0.385. The minimum atomic E-state index is -0.859. The molecule has 0 radical (unpaired) electrons. The molecule has 2 aromatic carbocycles. The van der Waals surface area contributed by atoms with Crippen LogP contribution >= 0.6 is 0 Å². The van der Waals surface area contributed by atoms with Crippen molar-refractivity contribution in [3.63, 3.8) is 0 Å². The maximum absolute atomic E-state index is 12.8. The van der Waals surface area contributed by atoms with Crippen LogP contribution in [-0.2, 0) is 16.1 Å². The van der Waals surface area contributed by atoms with Crippen molar-refractivity contribution < 1.29 is 23.9 Å². The molecule has 2 aromatic rings. The molecule has 7 heteroatoms. The Morgan fingerprint density at radius 1 is 1.00 bits per heavy atom. The molecule has 2 unspecified atom stereocenters. The number of rotatable bonds is 6. The summed E-state index contributed by atoms with van der Waals surface area (Å²) in [5, 5.41) is 0. The number of esters is 1. The molecule has 0 bridgehead atoms. The van der Waals surface area contributed by atoms with E-state index < -0.39 is 12.1 Å². The van der Waals surface area contributed by atoms with Gasteiger partial charge in [0.05, 0.1) is 23.2 Å². The Morgan fingerprint density at radius 2 is 1.64 bits per heavy atom. The molecule has 2 atom stereocenters. The van der Waals surface area contributed by atoms with Gasteiger partial charge in [0.2, 0.25) is 0 Å². The normalized spacial score (nSPS) is 18.8. The maximum Gasteiger partial charge on any atom is 0.338 e. The molecule has 0 saturated carbocycles. The van der Waals surface area contributed by atoms with Crippen LogP contribution in [0.5, 0.6) is 0 Å². The highest BCUT2D eigenvalue weighted by Gasteiger charge is 2.35. The van der Waals surface area contributed by atoms with Gasteiger partial charge in [-0.15, -0.1) is 0 Å². The first kappa shape index (κ1) is 22.7. The summed E-state index contributed by atoms with van der Waals surface area (Å²) in [7, 11) is 0. The van der Waals surface area contributed by atoms with Gasteiger partial charge in [-0.1, -0.05) is 31.2 Å². The van der Waals surface area contributed by atoms with Crippen molar-refractivity contribution in [2.24, 2.45) is 0 Å². The van der Waals surface area contributed by atoms with E-state index in [0.717, 1.165) is 25.7 Å². The number of imide groups is 1. The molecule has 33 heavy (non-hydrogen) atoms. The molecule has 172 valence electrons. The van der Waals surface area contributed by atoms with Gasteiger partial charge >= 0.3 is 5.97 Å². The molecule has 0 aromatic heterocycles. The third-order valence-electron chi connectivity index (χ3n) is 6.42. The Bertz CT molecular complexity index is 1040. The van der Waals surface area contributed by atoms with Crippen molar-refractivity contribution in [2.75, 3.05) is 6.54 Å². The van der Waals surface area contributed by atoms with E-state index in [1.165, 1.54) is 4.90 Å². The molecule has 2 aliphatic heterocycles. The highest BCUT2D eigenvalue weighted by atomic mass is 16.5. The van der Waals surface area contributed by atoms with E-state index in [1.54, 1.807) is 55.5 Å². The van der Waals surface area contributed by atoms with Crippen LogP contribution < -0.4 is 0 Å². The standard InChI is InChI=1S/C26H28N2O5/c1-3-20-8-6-7-15-27(20)23(29)17(2)33-26(32)19-13-11-18(12-14-19)16-28-24(30)21-9-4-5-10-22(21)25(28)31/h4-5,9-14,17,20H,3,6-8,15-16H2,1-2H3. The predicted octanol–water partition coefficient (Wildman–Crippen LogP) is 3.82. The van der Waals surface area contributed by atoms with Crippen molar-refractivity contribution in [3.8, 4) is 0 Å². The smallest absolute Gasteiger partial charge is 0.338 e. The number of hydrogen-bond donors (Lipinski definition) is 0. The first-order valence-electron chi connectivity index (χ1n) is 11.5. The number of nitrogens with zero attached hydrogens (tertiary/aromatic N) is 2. The second-order valence-corrected chi connectivity index (χ2v) is 8.58.